The monoisotopic (exact) mass is 319 g/mol. The largest absolute Gasteiger partial charge is 0.481 e. The minimum absolute atomic E-state index is 0.0320. The maximum Gasteiger partial charge on any atom is 0.305 e. The van der Waals surface area contributed by atoms with Crippen LogP contribution in [0.2, 0.25) is 0 Å². The Morgan fingerprint density at radius 1 is 1.35 bits per heavy atom. The average Bonchev–Trinajstić information content (AvgIpc) is 3.00. The number of carboxylic acid groups (broad SMARTS) is 1. The first-order valence-electron chi connectivity index (χ1n) is 8.13. The number of rotatable bonds is 7. The lowest BCUT2D eigenvalue weighted by molar-refractivity contribution is -0.139. The Labute approximate surface area is 137 Å². The number of hydrogen-bond acceptors (Lipinski definition) is 3. The van der Waals surface area contributed by atoms with Crippen molar-refractivity contribution >= 4 is 11.9 Å². The van der Waals surface area contributed by atoms with Gasteiger partial charge in [0.25, 0.3) is 0 Å². The predicted molar refractivity (Wildman–Crippen MR) is 87.4 cm³/mol. The summed E-state index contributed by atoms with van der Waals surface area (Å²) in [6.45, 7) is 5.43. The summed E-state index contributed by atoms with van der Waals surface area (Å²) < 4.78 is 5.59. The fraction of sp³-hybridized carbons (Fsp3) is 0.556. The van der Waals surface area contributed by atoms with Crippen LogP contribution in [-0.2, 0) is 20.7 Å². The molecular formula is C18H25NO4. The van der Waals surface area contributed by atoms with E-state index in [2.05, 4.69) is 0 Å². The van der Waals surface area contributed by atoms with E-state index in [1.807, 2.05) is 32.0 Å². The van der Waals surface area contributed by atoms with Crippen molar-refractivity contribution in [2.75, 3.05) is 19.7 Å². The van der Waals surface area contributed by atoms with E-state index < -0.39 is 5.97 Å². The second-order valence-corrected chi connectivity index (χ2v) is 6.23. The summed E-state index contributed by atoms with van der Waals surface area (Å²) in [5, 5.41) is 8.91. The number of benzene rings is 1. The summed E-state index contributed by atoms with van der Waals surface area (Å²) >= 11 is 0. The van der Waals surface area contributed by atoms with Crippen LogP contribution in [0.5, 0.6) is 0 Å². The lowest BCUT2D eigenvalue weighted by Crippen LogP contribution is -2.39. The van der Waals surface area contributed by atoms with E-state index in [9.17, 15) is 9.59 Å². The molecule has 1 amide bonds. The van der Waals surface area contributed by atoms with Gasteiger partial charge in [0.2, 0.25) is 5.91 Å². The molecule has 1 fully saturated rings. The molecule has 1 atom stereocenters. The predicted octanol–water partition coefficient (Wildman–Crippen LogP) is 2.33. The molecule has 1 unspecified atom stereocenters. The molecule has 1 aromatic rings. The Kier molecular flexibility index (Phi) is 6.16. The molecule has 1 aliphatic rings. The van der Waals surface area contributed by atoms with Crippen LogP contribution in [0.3, 0.4) is 0 Å². The zero-order valence-corrected chi connectivity index (χ0v) is 13.9. The number of carbonyl (C=O) groups is 2. The van der Waals surface area contributed by atoms with Crippen LogP contribution in [0.25, 0.3) is 0 Å². The smallest absolute Gasteiger partial charge is 0.305 e. The van der Waals surface area contributed by atoms with Gasteiger partial charge < -0.3 is 14.7 Å². The molecule has 1 saturated heterocycles. The first-order valence-corrected chi connectivity index (χ1v) is 8.13. The van der Waals surface area contributed by atoms with Crippen LogP contribution < -0.4 is 0 Å². The van der Waals surface area contributed by atoms with Crippen molar-refractivity contribution in [1.29, 1.82) is 0 Å². The number of aliphatic carboxylic acids is 1. The minimum atomic E-state index is -0.887. The van der Waals surface area contributed by atoms with Gasteiger partial charge in [-0.15, -0.1) is 0 Å². The quantitative estimate of drug-likeness (QED) is 0.837. The molecule has 1 heterocycles. The Morgan fingerprint density at radius 2 is 2.13 bits per heavy atom. The van der Waals surface area contributed by atoms with Crippen LogP contribution in [0.15, 0.2) is 18.2 Å². The molecule has 0 radical (unpaired) electrons. The molecule has 1 aliphatic heterocycles. The number of ether oxygens (including phenoxy) is 1. The summed E-state index contributed by atoms with van der Waals surface area (Å²) in [4.78, 5) is 25.2. The molecule has 0 spiro atoms. The van der Waals surface area contributed by atoms with Gasteiger partial charge in [-0.3, -0.25) is 9.59 Å². The normalized spacial score (nSPS) is 17.2. The van der Waals surface area contributed by atoms with Crippen molar-refractivity contribution < 1.29 is 19.4 Å². The highest BCUT2D eigenvalue weighted by Gasteiger charge is 2.23. The van der Waals surface area contributed by atoms with Crippen LogP contribution in [0.4, 0.5) is 0 Å². The van der Waals surface area contributed by atoms with E-state index in [0.717, 1.165) is 36.1 Å². The van der Waals surface area contributed by atoms with Crippen molar-refractivity contribution in [2.45, 2.75) is 45.6 Å². The van der Waals surface area contributed by atoms with Gasteiger partial charge in [0, 0.05) is 19.7 Å². The number of amides is 1. The van der Waals surface area contributed by atoms with E-state index in [-0.39, 0.29) is 25.0 Å². The third kappa shape index (κ3) is 5.36. The number of carboxylic acids is 1. The Bertz CT molecular complexity index is 564. The second-order valence-electron chi connectivity index (χ2n) is 6.23. The summed E-state index contributed by atoms with van der Waals surface area (Å²) in [5.74, 6) is -0.919. The zero-order chi connectivity index (χ0) is 16.8. The van der Waals surface area contributed by atoms with Crippen LogP contribution in [-0.4, -0.2) is 47.7 Å². The molecule has 0 saturated carbocycles. The summed E-state index contributed by atoms with van der Waals surface area (Å²) in [6.07, 6.45) is 2.24. The molecule has 5 heteroatoms. The van der Waals surface area contributed by atoms with Crippen molar-refractivity contribution in [1.82, 2.24) is 4.90 Å². The fourth-order valence-electron chi connectivity index (χ4n) is 2.85. The first-order chi connectivity index (χ1) is 11.0. The highest BCUT2D eigenvalue weighted by atomic mass is 16.5. The van der Waals surface area contributed by atoms with E-state index >= 15 is 0 Å². The number of nitrogens with zero attached hydrogens (tertiary/aromatic N) is 1. The molecule has 0 aromatic heterocycles. The molecular weight excluding hydrogens is 294 g/mol. The number of aryl methyl sites for hydroxylation is 2. The third-order valence-corrected chi connectivity index (χ3v) is 4.24. The van der Waals surface area contributed by atoms with Crippen LogP contribution in [0.1, 0.15) is 36.0 Å². The van der Waals surface area contributed by atoms with Crippen molar-refractivity contribution in [3.63, 3.8) is 0 Å². The second kappa shape index (κ2) is 8.11. The fourth-order valence-corrected chi connectivity index (χ4v) is 2.85. The SMILES string of the molecule is Cc1ccc(C)c(CC(=O)N(CCC(=O)O)CC2CCCO2)c1. The third-order valence-electron chi connectivity index (χ3n) is 4.24. The highest BCUT2D eigenvalue weighted by Crippen LogP contribution is 2.16. The summed E-state index contributed by atoms with van der Waals surface area (Å²) in [7, 11) is 0. The standard InChI is InChI=1S/C18H25NO4/c1-13-5-6-14(2)15(10-13)11-17(20)19(8-7-18(21)22)12-16-4-3-9-23-16/h5-6,10,16H,3-4,7-9,11-12H2,1-2H3,(H,21,22). The lowest BCUT2D eigenvalue weighted by atomic mass is 10.0. The van der Waals surface area contributed by atoms with E-state index in [1.165, 1.54) is 0 Å². The molecule has 2 rings (SSSR count). The zero-order valence-electron chi connectivity index (χ0n) is 13.9. The molecule has 5 nitrogen and oxygen atoms in total. The van der Waals surface area contributed by atoms with Gasteiger partial charge >= 0.3 is 5.97 Å². The molecule has 0 aliphatic carbocycles. The van der Waals surface area contributed by atoms with Gasteiger partial charge in [0.1, 0.15) is 0 Å². The maximum absolute atomic E-state index is 12.7. The number of hydrogen-bond donors (Lipinski definition) is 1. The topological polar surface area (TPSA) is 66.8 Å². The minimum Gasteiger partial charge on any atom is -0.481 e. The van der Waals surface area contributed by atoms with Gasteiger partial charge in [-0.05, 0) is 37.8 Å². The Hall–Kier alpha value is -1.88. The van der Waals surface area contributed by atoms with Crippen LogP contribution >= 0.6 is 0 Å². The molecule has 0 bridgehead atoms. The summed E-state index contributed by atoms with van der Waals surface area (Å²) in [5.41, 5.74) is 3.21. The van der Waals surface area contributed by atoms with E-state index in [0.29, 0.717) is 13.0 Å². The van der Waals surface area contributed by atoms with Gasteiger partial charge in [0.05, 0.1) is 18.9 Å². The Morgan fingerprint density at radius 3 is 2.78 bits per heavy atom. The molecule has 1 N–H and O–H groups in total. The van der Waals surface area contributed by atoms with Crippen molar-refractivity contribution in [3.8, 4) is 0 Å². The highest BCUT2D eigenvalue weighted by molar-refractivity contribution is 5.80. The molecule has 23 heavy (non-hydrogen) atoms. The molecule has 126 valence electrons. The van der Waals surface area contributed by atoms with Crippen molar-refractivity contribution in [3.05, 3.63) is 34.9 Å². The van der Waals surface area contributed by atoms with E-state index in [4.69, 9.17) is 9.84 Å². The maximum atomic E-state index is 12.7. The molecule has 1 aromatic carbocycles. The first kappa shape index (κ1) is 17.5. The average molecular weight is 319 g/mol. The Balaban J connectivity index is 2.04. The summed E-state index contributed by atoms with van der Waals surface area (Å²) in [6, 6.07) is 6.06. The van der Waals surface area contributed by atoms with Crippen molar-refractivity contribution in [2.24, 2.45) is 0 Å². The van der Waals surface area contributed by atoms with Gasteiger partial charge in [-0.25, -0.2) is 0 Å². The van der Waals surface area contributed by atoms with Crippen LogP contribution in [0, 0.1) is 13.8 Å². The van der Waals surface area contributed by atoms with Gasteiger partial charge in [-0.2, -0.15) is 0 Å². The van der Waals surface area contributed by atoms with Gasteiger partial charge in [-0.1, -0.05) is 23.8 Å². The van der Waals surface area contributed by atoms with E-state index in [1.54, 1.807) is 4.90 Å². The number of carbonyl (C=O) groups excluding carboxylic acids is 1. The van der Waals surface area contributed by atoms with Gasteiger partial charge in [0.15, 0.2) is 0 Å². The lowest BCUT2D eigenvalue weighted by Gasteiger charge is -2.25.